The summed E-state index contributed by atoms with van der Waals surface area (Å²) < 4.78 is 0. The van der Waals surface area contributed by atoms with E-state index in [2.05, 4.69) is 9.97 Å². The smallest absolute Gasteiger partial charge is 0.338 e. The van der Waals surface area contributed by atoms with Gasteiger partial charge in [-0.3, -0.25) is 4.79 Å². The average Bonchev–Trinajstić information content (AvgIpc) is 2.35. The summed E-state index contributed by atoms with van der Waals surface area (Å²) in [4.78, 5) is 33.3. The predicted molar refractivity (Wildman–Crippen MR) is 65.6 cm³/mol. The third kappa shape index (κ3) is 3.41. The highest BCUT2D eigenvalue weighted by Gasteiger charge is 2.14. The molecule has 0 aliphatic rings. The number of aromatic nitrogens is 2. The number of carbonyl (C=O) groups is 2. The van der Waals surface area contributed by atoms with Crippen LogP contribution >= 0.6 is 0 Å². The lowest BCUT2D eigenvalue weighted by molar-refractivity contribution is -0.127. The van der Waals surface area contributed by atoms with Crippen LogP contribution in [0.5, 0.6) is 0 Å². The van der Waals surface area contributed by atoms with Crippen LogP contribution in [0.3, 0.4) is 0 Å². The van der Waals surface area contributed by atoms with Gasteiger partial charge >= 0.3 is 5.97 Å². The Morgan fingerprint density at radius 3 is 2.22 bits per heavy atom. The molecule has 1 N–H and O–H groups in total. The lowest BCUT2D eigenvalue weighted by Gasteiger charge is -2.21. The third-order valence-corrected chi connectivity index (χ3v) is 2.37. The number of amides is 1. The second kappa shape index (κ2) is 5.95. The molecule has 1 aromatic rings. The van der Waals surface area contributed by atoms with Gasteiger partial charge in [0.05, 0.1) is 12.1 Å². The molecule has 0 spiro atoms. The number of rotatable bonds is 5. The van der Waals surface area contributed by atoms with E-state index in [1.165, 1.54) is 17.3 Å². The Kier molecular flexibility index (Phi) is 4.59. The number of aromatic carboxylic acids is 1. The average molecular weight is 252 g/mol. The van der Waals surface area contributed by atoms with Gasteiger partial charge < -0.3 is 14.9 Å². The van der Waals surface area contributed by atoms with Gasteiger partial charge in [0.2, 0.25) is 11.9 Å². The van der Waals surface area contributed by atoms with Crippen molar-refractivity contribution in [2.75, 3.05) is 32.1 Å². The van der Waals surface area contributed by atoms with Crippen molar-refractivity contribution in [3.05, 3.63) is 18.0 Å². The molecule has 0 saturated heterocycles. The van der Waals surface area contributed by atoms with Crippen molar-refractivity contribution in [1.29, 1.82) is 0 Å². The molecule has 0 aromatic carbocycles. The van der Waals surface area contributed by atoms with Crippen molar-refractivity contribution in [3.63, 3.8) is 0 Å². The molecule has 0 unspecified atom stereocenters. The Morgan fingerprint density at radius 1 is 1.28 bits per heavy atom. The summed E-state index contributed by atoms with van der Waals surface area (Å²) in [7, 11) is 3.34. The summed E-state index contributed by atoms with van der Waals surface area (Å²) in [6, 6.07) is 0. The van der Waals surface area contributed by atoms with Crippen LogP contribution in [0.1, 0.15) is 17.3 Å². The normalized spacial score (nSPS) is 9.94. The summed E-state index contributed by atoms with van der Waals surface area (Å²) in [5.41, 5.74) is 0.0220. The van der Waals surface area contributed by atoms with E-state index in [0.29, 0.717) is 12.5 Å². The SMILES string of the molecule is CCN(CC(=O)N(C)C)c1ncc(C(=O)O)cn1. The quantitative estimate of drug-likeness (QED) is 0.799. The second-order valence-corrected chi connectivity index (χ2v) is 3.88. The molecule has 1 aromatic heterocycles. The molecule has 0 radical (unpaired) electrons. The van der Waals surface area contributed by atoms with Gasteiger partial charge in [-0.25, -0.2) is 14.8 Å². The molecule has 98 valence electrons. The first kappa shape index (κ1) is 13.9. The minimum Gasteiger partial charge on any atom is -0.478 e. The molecule has 0 atom stereocenters. The molecule has 1 rings (SSSR count). The molecule has 0 bridgehead atoms. The van der Waals surface area contributed by atoms with Crippen molar-refractivity contribution in [1.82, 2.24) is 14.9 Å². The van der Waals surface area contributed by atoms with E-state index in [1.807, 2.05) is 6.92 Å². The van der Waals surface area contributed by atoms with Gasteiger partial charge in [0.15, 0.2) is 0 Å². The largest absolute Gasteiger partial charge is 0.478 e. The number of carboxylic acids is 1. The van der Waals surface area contributed by atoms with E-state index < -0.39 is 5.97 Å². The number of nitrogens with zero attached hydrogens (tertiary/aromatic N) is 4. The number of hydrogen-bond acceptors (Lipinski definition) is 5. The molecule has 18 heavy (non-hydrogen) atoms. The van der Waals surface area contributed by atoms with Gasteiger partial charge in [-0.05, 0) is 6.92 Å². The number of hydrogen-bond donors (Lipinski definition) is 1. The van der Waals surface area contributed by atoms with Gasteiger partial charge in [-0.15, -0.1) is 0 Å². The molecule has 0 aliphatic heterocycles. The highest BCUT2D eigenvalue weighted by molar-refractivity contribution is 5.87. The first-order valence-electron chi connectivity index (χ1n) is 5.46. The van der Waals surface area contributed by atoms with E-state index >= 15 is 0 Å². The minimum absolute atomic E-state index is 0.0220. The lowest BCUT2D eigenvalue weighted by atomic mass is 10.3. The Balaban J connectivity index is 2.82. The van der Waals surface area contributed by atoms with E-state index in [9.17, 15) is 9.59 Å². The van der Waals surface area contributed by atoms with E-state index in [1.54, 1.807) is 19.0 Å². The third-order valence-electron chi connectivity index (χ3n) is 2.37. The zero-order valence-electron chi connectivity index (χ0n) is 10.6. The summed E-state index contributed by atoms with van der Waals surface area (Å²) in [6.07, 6.45) is 2.46. The molecule has 1 amide bonds. The zero-order chi connectivity index (χ0) is 13.7. The van der Waals surface area contributed by atoms with E-state index in [0.717, 1.165) is 0 Å². The molecule has 0 aliphatic carbocycles. The van der Waals surface area contributed by atoms with Crippen molar-refractivity contribution in [2.24, 2.45) is 0 Å². The number of carbonyl (C=O) groups excluding carboxylic acids is 1. The molecule has 0 fully saturated rings. The highest BCUT2D eigenvalue weighted by Crippen LogP contribution is 2.07. The van der Waals surface area contributed by atoms with Crippen molar-refractivity contribution < 1.29 is 14.7 Å². The van der Waals surface area contributed by atoms with Crippen LogP contribution in [0.4, 0.5) is 5.95 Å². The van der Waals surface area contributed by atoms with E-state index in [4.69, 9.17) is 5.11 Å². The van der Waals surface area contributed by atoms with Crippen LogP contribution in [0, 0.1) is 0 Å². The maximum absolute atomic E-state index is 11.6. The minimum atomic E-state index is -1.08. The first-order valence-corrected chi connectivity index (χ1v) is 5.46. The molecule has 0 saturated carbocycles. The van der Waals surface area contributed by atoms with Gasteiger partial charge in [-0.2, -0.15) is 0 Å². The molecule has 7 nitrogen and oxygen atoms in total. The van der Waals surface area contributed by atoms with Gasteiger partial charge in [0.1, 0.15) is 0 Å². The van der Waals surface area contributed by atoms with Gasteiger partial charge in [-0.1, -0.05) is 0 Å². The maximum atomic E-state index is 11.6. The van der Waals surface area contributed by atoms with Crippen LogP contribution in [0.2, 0.25) is 0 Å². The molecular formula is C11H16N4O3. The predicted octanol–water partition coefficient (Wildman–Crippen LogP) is 0.0893. The highest BCUT2D eigenvalue weighted by atomic mass is 16.4. The second-order valence-electron chi connectivity index (χ2n) is 3.88. The maximum Gasteiger partial charge on any atom is 0.338 e. The summed E-state index contributed by atoms with van der Waals surface area (Å²) in [5.74, 6) is -0.797. The molecule has 1 heterocycles. The summed E-state index contributed by atoms with van der Waals surface area (Å²) in [5, 5.41) is 8.74. The monoisotopic (exact) mass is 252 g/mol. The lowest BCUT2D eigenvalue weighted by Crippen LogP contribution is -2.37. The number of carboxylic acid groups (broad SMARTS) is 1. The van der Waals surface area contributed by atoms with Crippen molar-refractivity contribution >= 4 is 17.8 Å². The van der Waals surface area contributed by atoms with Crippen LogP contribution in [-0.4, -0.2) is 59.0 Å². The fraction of sp³-hybridized carbons (Fsp3) is 0.455. The van der Waals surface area contributed by atoms with Crippen LogP contribution in [0.25, 0.3) is 0 Å². The van der Waals surface area contributed by atoms with Gasteiger partial charge in [0, 0.05) is 33.0 Å². The molecular weight excluding hydrogens is 236 g/mol. The topological polar surface area (TPSA) is 86.6 Å². The Bertz CT molecular complexity index is 430. The van der Waals surface area contributed by atoms with Crippen molar-refractivity contribution in [2.45, 2.75) is 6.92 Å². The van der Waals surface area contributed by atoms with E-state index in [-0.39, 0.29) is 18.0 Å². The fourth-order valence-electron chi connectivity index (χ4n) is 1.22. The fourth-order valence-corrected chi connectivity index (χ4v) is 1.22. The molecule has 7 heteroatoms. The number of likely N-dealkylation sites (N-methyl/N-ethyl adjacent to an activating group) is 2. The van der Waals surface area contributed by atoms with Crippen LogP contribution in [0.15, 0.2) is 12.4 Å². The van der Waals surface area contributed by atoms with Crippen LogP contribution in [-0.2, 0) is 4.79 Å². The standard InChI is InChI=1S/C11H16N4O3/c1-4-15(7-9(16)14(2)3)11-12-5-8(6-13-11)10(17)18/h5-6H,4,7H2,1-3H3,(H,17,18). The summed E-state index contributed by atoms with van der Waals surface area (Å²) >= 11 is 0. The Labute approximate surface area is 105 Å². The summed E-state index contributed by atoms with van der Waals surface area (Å²) in [6.45, 7) is 2.60. The van der Waals surface area contributed by atoms with Crippen molar-refractivity contribution in [3.8, 4) is 0 Å². The zero-order valence-corrected chi connectivity index (χ0v) is 10.6. The first-order chi connectivity index (χ1) is 8.45. The Hall–Kier alpha value is -2.18. The Morgan fingerprint density at radius 2 is 1.83 bits per heavy atom. The number of anilines is 1. The van der Waals surface area contributed by atoms with Gasteiger partial charge in [0.25, 0.3) is 0 Å². The van der Waals surface area contributed by atoms with Crippen LogP contribution < -0.4 is 4.90 Å².